The minimum Gasteiger partial charge on any atom is -0.508 e. The topological polar surface area (TPSA) is 232 Å². The highest BCUT2D eigenvalue weighted by Crippen LogP contribution is 2.56. The smallest absolute Gasteiger partial charge is 0.342 e. The highest BCUT2D eigenvalue weighted by molar-refractivity contribution is 6.21. The summed E-state index contributed by atoms with van der Waals surface area (Å²) in [6.45, 7) is 5.09. The summed E-state index contributed by atoms with van der Waals surface area (Å²) in [5.74, 6) is -11.6. The Morgan fingerprint density at radius 1 is 1.07 bits per heavy atom. The lowest BCUT2D eigenvalue weighted by Gasteiger charge is -2.50. The van der Waals surface area contributed by atoms with Gasteiger partial charge in [-0.15, -0.1) is 0 Å². The van der Waals surface area contributed by atoms with Gasteiger partial charge in [0.2, 0.25) is 5.78 Å². The molecule has 0 aromatic heterocycles. The summed E-state index contributed by atoms with van der Waals surface area (Å²) in [4.78, 5) is 37.8. The van der Waals surface area contributed by atoms with Gasteiger partial charge in [0.25, 0.3) is 0 Å². The number of phenols is 1. The van der Waals surface area contributed by atoms with Crippen molar-refractivity contribution in [3.8, 4) is 5.75 Å². The first-order chi connectivity index (χ1) is 19.2. The number of phenolic OH excluding ortho intramolecular Hbond substituents is 1. The molecule has 1 saturated carbocycles. The van der Waals surface area contributed by atoms with Gasteiger partial charge in [-0.3, -0.25) is 9.59 Å². The first-order valence-corrected chi connectivity index (χ1v) is 13.3. The predicted octanol–water partition coefficient (Wildman–Crippen LogP) is 0.423. The number of aliphatic hydroxyl groups excluding tert-OH is 5. The molecule has 0 spiro atoms. The van der Waals surface area contributed by atoms with Crippen LogP contribution in [0.3, 0.4) is 0 Å². The minimum absolute atomic E-state index is 0.114. The van der Waals surface area contributed by atoms with Gasteiger partial charge in [0.1, 0.15) is 17.1 Å². The summed E-state index contributed by atoms with van der Waals surface area (Å²) in [6.07, 6.45) is -5.58. The Balaban J connectivity index is 1.86. The molecule has 0 saturated heterocycles. The second-order valence-corrected chi connectivity index (χ2v) is 10.5. The summed E-state index contributed by atoms with van der Waals surface area (Å²) in [5.41, 5.74) is -4.52. The summed E-state index contributed by atoms with van der Waals surface area (Å²) < 4.78 is 10.4. The van der Waals surface area contributed by atoms with E-state index in [0.29, 0.717) is 5.56 Å². The molecule has 13 nitrogen and oxygen atoms in total. The summed E-state index contributed by atoms with van der Waals surface area (Å²) in [5, 5.41) is 86.3. The molecule has 1 aromatic carbocycles. The third-order valence-electron chi connectivity index (χ3n) is 8.41. The van der Waals surface area contributed by atoms with Gasteiger partial charge in [0.05, 0.1) is 17.6 Å². The molecule has 7 atom stereocenters. The van der Waals surface area contributed by atoms with Crippen molar-refractivity contribution in [1.82, 2.24) is 0 Å². The number of hydrogen-bond donors (Lipinski definition) is 8. The zero-order chi connectivity index (χ0) is 30.5. The van der Waals surface area contributed by atoms with Crippen LogP contribution in [0.1, 0.15) is 49.8 Å². The van der Waals surface area contributed by atoms with Crippen LogP contribution in [0.4, 0.5) is 0 Å². The van der Waals surface area contributed by atoms with E-state index in [2.05, 4.69) is 0 Å². The third kappa shape index (κ3) is 4.62. The molecule has 0 bridgehead atoms. The lowest BCUT2D eigenvalue weighted by Crippen LogP contribution is -2.63. The molecule has 1 aromatic rings. The zero-order valence-corrected chi connectivity index (χ0v) is 22.6. The molecule has 3 aliphatic rings. The van der Waals surface area contributed by atoms with Gasteiger partial charge in [-0.25, -0.2) is 4.79 Å². The van der Waals surface area contributed by atoms with Crippen LogP contribution >= 0.6 is 0 Å². The van der Waals surface area contributed by atoms with Crippen LogP contribution < -0.4 is 0 Å². The monoisotopic (exact) mass is 578 g/mol. The second-order valence-electron chi connectivity index (χ2n) is 10.5. The molecule has 0 amide bonds. The summed E-state index contributed by atoms with van der Waals surface area (Å²) >= 11 is 0. The number of benzene rings is 1. The van der Waals surface area contributed by atoms with Crippen molar-refractivity contribution < 1.29 is 64.7 Å². The van der Waals surface area contributed by atoms with Gasteiger partial charge in [0, 0.05) is 37.0 Å². The Morgan fingerprint density at radius 3 is 2.20 bits per heavy atom. The number of carbonyl (C=O) groups excluding carboxylic acids is 2. The highest BCUT2D eigenvalue weighted by atomic mass is 16.6. The number of carboxylic acids is 1. The number of aromatic hydroxyl groups is 1. The quantitative estimate of drug-likeness (QED) is 0.147. The van der Waals surface area contributed by atoms with Gasteiger partial charge in [0.15, 0.2) is 29.7 Å². The number of hydrogen-bond acceptors (Lipinski definition) is 12. The van der Waals surface area contributed by atoms with Crippen LogP contribution in [-0.4, -0.2) is 95.9 Å². The fourth-order valence-corrected chi connectivity index (χ4v) is 6.36. The van der Waals surface area contributed by atoms with E-state index in [0.717, 1.165) is 0 Å². The average molecular weight is 579 g/mol. The van der Waals surface area contributed by atoms with Gasteiger partial charge in [-0.05, 0) is 37.3 Å². The first kappa shape index (κ1) is 30.6. The van der Waals surface area contributed by atoms with Crippen LogP contribution in [-0.2, 0) is 30.3 Å². The number of aliphatic hydroxyl groups is 6. The molecule has 7 unspecified atom stereocenters. The number of carbonyl (C=O) groups is 3. The molecular formula is C28H34O13. The molecule has 224 valence electrons. The predicted molar refractivity (Wildman–Crippen MR) is 138 cm³/mol. The highest BCUT2D eigenvalue weighted by Gasteiger charge is 2.65. The third-order valence-corrected chi connectivity index (χ3v) is 8.41. The van der Waals surface area contributed by atoms with E-state index in [1.165, 1.54) is 12.1 Å². The van der Waals surface area contributed by atoms with E-state index < -0.39 is 100 Å². The molecule has 0 aliphatic heterocycles. The van der Waals surface area contributed by atoms with Crippen LogP contribution in [0.15, 0.2) is 29.0 Å². The second kappa shape index (κ2) is 11.2. The maximum absolute atomic E-state index is 13.8. The average Bonchev–Trinajstić information content (AvgIpc) is 2.90. The Morgan fingerprint density at radius 2 is 1.66 bits per heavy atom. The lowest BCUT2D eigenvalue weighted by molar-refractivity contribution is -0.215. The number of fused-ring (bicyclic) bond motifs is 3. The molecule has 0 heterocycles. The van der Waals surface area contributed by atoms with E-state index in [1.807, 2.05) is 0 Å². The van der Waals surface area contributed by atoms with E-state index >= 15 is 0 Å². The van der Waals surface area contributed by atoms with Gasteiger partial charge in [-0.1, -0.05) is 19.1 Å². The van der Waals surface area contributed by atoms with Crippen LogP contribution in [0.2, 0.25) is 0 Å². The molecule has 4 rings (SSSR count). The van der Waals surface area contributed by atoms with Crippen molar-refractivity contribution >= 4 is 23.3 Å². The van der Waals surface area contributed by atoms with Crippen molar-refractivity contribution in [3.05, 3.63) is 45.7 Å². The largest absolute Gasteiger partial charge is 0.508 e. The Labute approximate surface area is 234 Å². The van der Waals surface area contributed by atoms with E-state index in [9.17, 15) is 55.2 Å². The number of ketones is 2. The number of ether oxygens (including phenoxy) is 2. The molecule has 13 heteroatoms. The number of aliphatic carboxylic acids is 1. The van der Waals surface area contributed by atoms with E-state index in [4.69, 9.17) is 9.47 Å². The summed E-state index contributed by atoms with van der Waals surface area (Å²) in [7, 11) is 0. The maximum Gasteiger partial charge on any atom is 0.342 e. The Kier molecular flexibility index (Phi) is 8.33. The SMILES string of the molecule is CCOC(O)C(Cc1ccc2c(c1O)C(O)=C1C(=O)C3(O)C(O)=C(C(=O)O)C(=O)CC3C(O)C1C2C)C(O)OCC. The van der Waals surface area contributed by atoms with E-state index in [1.54, 1.807) is 20.8 Å². The minimum atomic E-state index is -3.01. The molecular weight excluding hydrogens is 544 g/mol. The van der Waals surface area contributed by atoms with Gasteiger partial charge in [-0.2, -0.15) is 0 Å². The molecule has 0 radical (unpaired) electrons. The first-order valence-electron chi connectivity index (χ1n) is 13.3. The van der Waals surface area contributed by atoms with Gasteiger partial charge >= 0.3 is 5.97 Å². The van der Waals surface area contributed by atoms with Crippen molar-refractivity contribution in [2.45, 2.75) is 63.8 Å². The fraction of sp³-hybridized carbons (Fsp3) is 0.536. The molecule has 3 aliphatic carbocycles. The van der Waals surface area contributed by atoms with E-state index in [-0.39, 0.29) is 30.8 Å². The number of carboxylic acid groups (broad SMARTS) is 1. The van der Waals surface area contributed by atoms with Gasteiger partial charge < -0.3 is 50.3 Å². The lowest BCUT2D eigenvalue weighted by atomic mass is 9.55. The number of Topliss-reactive ketones (excluding diaryl/α,β-unsaturated/α-hetero) is 2. The zero-order valence-electron chi connectivity index (χ0n) is 22.6. The number of rotatable bonds is 9. The normalized spacial score (nSPS) is 29.9. The standard InChI is InChI=1S/C28H34O13/c1-4-40-26(37)13(27(38)41-5-2)8-11-6-7-12-10(3)16-19(22(32)17(12)20(11)30)24(34)28(39)14(21(16)31)9-15(29)18(23(28)33)25(35)36/h6-7,10,13-14,16,21,26-27,30-33,37-39H,4-5,8-9H2,1-3H3,(H,35,36). The maximum atomic E-state index is 13.8. The van der Waals surface area contributed by atoms with Crippen molar-refractivity contribution in [1.29, 1.82) is 0 Å². The van der Waals surface area contributed by atoms with Crippen LogP contribution in [0.5, 0.6) is 5.75 Å². The fourth-order valence-electron chi connectivity index (χ4n) is 6.36. The van der Waals surface area contributed by atoms with Crippen LogP contribution in [0.25, 0.3) is 5.76 Å². The molecule has 41 heavy (non-hydrogen) atoms. The molecule has 1 fully saturated rings. The van der Waals surface area contributed by atoms with Crippen molar-refractivity contribution in [2.75, 3.05) is 13.2 Å². The van der Waals surface area contributed by atoms with Crippen molar-refractivity contribution in [3.63, 3.8) is 0 Å². The molecule has 8 N–H and O–H groups in total. The summed E-state index contributed by atoms with van der Waals surface area (Å²) in [6, 6.07) is 3.02. The Hall–Kier alpha value is -3.33. The van der Waals surface area contributed by atoms with Crippen molar-refractivity contribution in [2.24, 2.45) is 17.8 Å². The Bertz CT molecular complexity index is 1320. The van der Waals surface area contributed by atoms with Crippen LogP contribution in [0, 0.1) is 17.8 Å².